The number of hydrogen-bond acceptors (Lipinski definition) is 4. The average molecular weight is 399 g/mol. The summed E-state index contributed by atoms with van der Waals surface area (Å²) in [4.78, 5) is 10.7. The van der Waals surface area contributed by atoms with Crippen molar-refractivity contribution in [3.63, 3.8) is 0 Å². The Balaban J connectivity index is 1.66. The van der Waals surface area contributed by atoms with Crippen LogP contribution in [0.15, 0.2) is 72.8 Å². The first-order chi connectivity index (χ1) is 14.8. The predicted octanol–water partition coefficient (Wildman–Crippen LogP) is 5.28. The van der Waals surface area contributed by atoms with Gasteiger partial charge in [0.05, 0.1) is 18.2 Å². The summed E-state index contributed by atoms with van der Waals surface area (Å²) in [5.74, 6) is 1.50. The third kappa shape index (κ3) is 6.49. The standard InChI is InChI=1S/C26H25NO3/c27-19-22-9-6-11-25(17-22)30-20-23-12-13-24(10-4-5-15-28)26(18-23)29-16-14-21-7-2-1-3-8-21/h1-3,6-9,11-13,15,17-18H,4-5,10,14,16,20H2. The molecule has 0 radical (unpaired) electrons. The second kappa shape index (κ2) is 11.4. The largest absolute Gasteiger partial charge is 0.493 e. The molecule has 3 aromatic rings. The lowest BCUT2D eigenvalue weighted by Crippen LogP contribution is -2.05. The topological polar surface area (TPSA) is 59.3 Å². The highest BCUT2D eigenvalue weighted by molar-refractivity contribution is 5.49. The maximum absolute atomic E-state index is 10.7. The lowest BCUT2D eigenvalue weighted by atomic mass is 10.0. The van der Waals surface area contributed by atoms with Crippen molar-refractivity contribution in [1.29, 1.82) is 5.26 Å². The third-order valence-electron chi connectivity index (χ3n) is 4.76. The average Bonchev–Trinajstić information content (AvgIpc) is 2.80. The number of nitriles is 1. The van der Waals surface area contributed by atoms with Crippen molar-refractivity contribution in [2.75, 3.05) is 6.61 Å². The van der Waals surface area contributed by atoms with E-state index in [1.165, 1.54) is 5.56 Å². The third-order valence-corrected chi connectivity index (χ3v) is 4.76. The van der Waals surface area contributed by atoms with Crippen LogP contribution in [0.3, 0.4) is 0 Å². The van der Waals surface area contributed by atoms with E-state index in [2.05, 4.69) is 18.2 Å². The monoisotopic (exact) mass is 399 g/mol. The van der Waals surface area contributed by atoms with Gasteiger partial charge in [-0.1, -0.05) is 48.5 Å². The quantitative estimate of drug-likeness (QED) is 0.325. The van der Waals surface area contributed by atoms with E-state index < -0.39 is 0 Å². The van der Waals surface area contributed by atoms with Crippen LogP contribution in [-0.2, 0) is 24.2 Å². The van der Waals surface area contributed by atoms with E-state index in [1.807, 2.05) is 48.5 Å². The van der Waals surface area contributed by atoms with Crippen LogP contribution in [0.5, 0.6) is 11.5 Å². The Morgan fingerprint density at radius 2 is 1.73 bits per heavy atom. The normalized spacial score (nSPS) is 10.2. The molecule has 0 heterocycles. The number of rotatable bonds is 11. The smallest absolute Gasteiger partial charge is 0.122 e. The van der Waals surface area contributed by atoms with E-state index in [1.54, 1.807) is 12.1 Å². The van der Waals surface area contributed by atoms with E-state index in [0.717, 1.165) is 42.4 Å². The summed E-state index contributed by atoms with van der Waals surface area (Å²) < 4.78 is 12.0. The second-order valence-corrected chi connectivity index (χ2v) is 7.01. The number of benzene rings is 3. The summed E-state index contributed by atoms with van der Waals surface area (Å²) >= 11 is 0. The molecule has 0 N–H and O–H groups in total. The van der Waals surface area contributed by atoms with Gasteiger partial charge in [0.1, 0.15) is 24.4 Å². The van der Waals surface area contributed by atoms with Gasteiger partial charge < -0.3 is 14.3 Å². The highest BCUT2D eigenvalue weighted by atomic mass is 16.5. The van der Waals surface area contributed by atoms with Gasteiger partial charge in [0, 0.05) is 12.8 Å². The fourth-order valence-corrected chi connectivity index (χ4v) is 3.15. The molecule has 0 aliphatic carbocycles. The Hall–Kier alpha value is -3.58. The van der Waals surface area contributed by atoms with Crippen LogP contribution in [0.4, 0.5) is 0 Å². The van der Waals surface area contributed by atoms with Crippen molar-refractivity contribution in [2.24, 2.45) is 0 Å². The van der Waals surface area contributed by atoms with Crippen molar-refractivity contribution in [3.05, 3.63) is 95.1 Å². The molecule has 30 heavy (non-hydrogen) atoms. The zero-order chi connectivity index (χ0) is 21.0. The van der Waals surface area contributed by atoms with Crippen molar-refractivity contribution in [3.8, 4) is 17.6 Å². The van der Waals surface area contributed by atoms with Crippen molar-refractivity contribution >= 4 is 6.29 Å². The molecule has 0 unspecified atom stereocenters. The van der Waals surface area contributed by atoms with Gasteiger partial charge >= 0.3 is 0 Å². The molecule has 0 aliphatic heterocycles. The van der Waals surface area contributed by atoms with Crippen LogP contribution in [0.1, 0.15) is 35.1 Å². The van der Waals surface area contributed by atoms with Gasteiger partial charge in [0.2, 0.25) is 0 Å². The van der Waals surface area contributed by atoms with E-state index in [9.17, 15) is 4.79 Å². The molecular formula is C26H25NO3. The fourth-order valence-electron chi connectivity index (χ4n) is 3.15. The van der Waals surface area contributed by atoms with Crippen molar-refractivity contribution in [1.82, 2.24) is 0 Å². The Morgan fingerprint density at radius 1 is 0.867 bits per heavy atom. The molecule has 0 saturated heterocycles. The molecule has 0 spiro atoms. The maximum Gasteiger partial charge on any atom is 0.122 e. The first-order valence-electron chi connectivity index (χ1n) is 10.1. The minimum Gasteiger partial charge on any atom is -0.493 e. The Bertz CT molecular complexity index is 993. The number of aryl methyl sites for hydroxylation is 1. The van der Waals surface area contributed by atoms with Crippen LogP contribution in [0.25, 0.3) is 0 Å². The van der Waals surface area contributed by atoms with Crippen LogP contribution in [0, 0.1) is 11.3 Å². The van der Waals surface area contributed by atoms with Gasteiger partial charge in [-0.3, -0.25) is 0 Å². The molecule has 3 rings (SSSR count). The molecule has 4 nitrogen and oxygen atoms in total. The van der Waals surface area contributed by atoms with Crippen molar-refractivity contribution in [2.45, 2.75) is 32.3 Å². The highest BCUT2D eigenvalue weighted by Crippen LogP contribution is 2.24. The number of ether oxygens (including phenoxy) is 2. The van der Waals surface area contributed by atoms with E-state index in [0.29, 0.717) is 30.9 Å². The van der Waals surface area contributed by atoms with E-state index in [-0.39, 0.29) is 0 Å². The van der Waals surface area contributed by atoms with Crippen LogP contribution in [0.2, 0.25) is 0 Å². The number of hydrogen-bond donors (Lipinski definition) is 0. The summed E-state index contributed by atoms with van der Waals surface area (Å²) in [6, 6.07) is 25.6. The Morgan fingerprint density at radius 3 is 2.53 bits per heavy atom. The SMILES string of the molecule is N#Cc1cccc(OCc2ccc(CCCC=O)c(OCCc3ccccc3)c2)c1. The summed E-state index contributed by atoms with van der Waals surface area (Å²) in [6.45, 7) is 0.970. The van der Waals surface area contributed by atoms with E-state index in [4.69, 9.17) is 14.7 Å². The minimum absolute atomic E-state index is 0.387. The van der Waals surface area contributed by atoms with Gasteiger partial charge in [-0.2, -0.15) is 5.26 Å². The molecule has 3 aromatic carbocycles. The summed E-state index contributed by atoms with van der Waals surface area (Å²) in [5.41, 5.74) is 3.89. The summed E-state index contributed by atoms with van der Waals surface area (Å²) in [6.07, 6.45) is 3.92. The van der Waals surface area contributed by atoms with Gasteiger partial charge in [0.15, 0.2) is 0 Å². The molecular weight excluding hydrogens is 374 g/mol. The first-order valence-corrected chi connectivity index (χ1v) is 10.1. The number of carbonyl (C=O) groups excluding carboxylic acids is 1. The van der Waals surface area contributed by atoms with Gasteiger partial charge in [0.25, 0.3) is 0 Å². The minimum atomic E-state index is 0.387. The molecule has 0 atom stereocenters. The van der Waals surface area contributed by atoms with E-state index >= 15 is 0 Å². The maximum atomic E-state index is 10.7. The molecule has 0 aliphatic rings. The summed E-state index contributed by atoms with van der Waals surface area (Å²) in [7, 11) is 0. The second-order valence-electron chi connectivity index (χ2n) is 7.01. The molecule has 0 saturated carbocycles. The lowest BCUT2D eigenvalue weighted by molar-refractivity contribution is -0.107. The Labute approximate surface area is 177 Å². The highest BCUT2D eigenvalue weighted by Gasteiger charge is 2.07. The molecule has 0 amide bonds. The zero-order valence-electron chi connectivity index (χ0n) is 16.9. The number of unbranched alkanes of at least 4 members (excludes halogenated alkanes) is 1. The van der Waals surface area contributed by atoms with Crippen LogP contribution in [-0.4, -0.2) is 12.9 Å². The number of nitrogens with zero attached hydrogens (tertiary/aromatic N) is 1. The van der Waals surface area contributed by atoms with Gasteiger partial charge in [-0.25, -0.2) is 0 Å². The molecule has 0 aromatic heterocycles. The fraction of sp³-hybridized carbons (Fsp3) is 0.231. The van der Waals surface area contributed by atoms with Crippen molar-refractivity contribution < 1.29 is 14.3 Å². The molecule has 0 fully saturated rings. The number of aldehydes is 1. The molecule has 4 heteroatoms. The predicted molar refractivity (Wildman–Crippen MR) is 117 cm³/mol. The number of carbonyl (C=O) groups is 1. The molecule has 0 bridgehead atoms. The van der Waals surface area contributed by atoms with Crippen LogP contribution >= 0.6 is 0 Å². The Kier molecular flexibility index (Phi) is 8.05. The van der Waals surface area contributed by atoms with Gasteiger partial charge in [-0.05, 0) is 53.8 Å². The van der Waals surface area contributed by atoms with Gasteiger partial charge in [-0.15, -0.1) is 0 Å². The lowest BCUT2D eigenvalue weighted by Gasteiger charge is -2.14. The summed E-state index contributed by atoms with van der Waals surface area (Å²) in [5, 5.41) is 9.02. The molecule has 152 valence electrons. The first kappa shape index (κ1) is 21.1. The zero-order valence-corrected chi connectivity index (χ0v) is 16.9. The van der Waals surface area contributed by atoms with Crippen LogP contribution < -0.4 is 9.47 Å².